The molecule has 0 saturated carbocycles. The molecule has 43 heavy (non-hydrogen) atoms. The predicted octanol–water partition coefficient (Wildman–Crippen LogP) is -0.526. The molecule has 0 aliphatic carbocycles. The van der Waals surface area contributed by atoms with Crippen molar-refractivity contribution < 1.29 is 49.2 Å². The van der Waals surface area contributed by atoms with Crippen molar-refractivity contribution in [3.8, 4) is 5.75 Å². The third-order valence-corrected chi connectivity index (χ3v) is 6.47. The maximum Gasteiger partial charge on any atom is 0.326 e. The van der Waals surface area contributed by atoms with E-state index in [0.717, 1.165) is 5.52 Å². The summed E-state index contributed by atoms with van der Waals surface area (Å²) in [6.07, 6.45) is -0.347. The summed E-state index contributed by atoms with van der Waals surface area (Å²) in [7, 11) is 0. The van der Waals surface area contributed by atoms with Gasteiger partial charge in [0.15, 0.2) is 0 Å². The molecule has 0 aliphatic heterocycles. The fraction of sp³-hybridized carbons (Fsp3) is 0.286. The van der Waals surface area contributed by atoms with Gasteiger partial charge in [0.25, 0.3) is 0 Å². The van der Waals surface area contributed by atoms with Crippen molar-refractivity contribution >= 4 is 46.5 Å². The van der Waals surface area contributed by atoms with Gasteiger partial charge in [0, 0.05) is 29.9 Å². The first-order valence-corrected chi connectivity index (χ1v) is 13.0. The quantitative estimate of drug-likeness (QED) is 0.108. The van der Waals surface area contributed by atoms with Gasteiger partial charge in [-0.1, -0.05) is 30.3 Å². The number of aliphatic carboxylic acids is 3. The predicted molar refractivity (Wildman–Crippen MR) is 150 cm³/mol. The summed E-state index contributed by atoms with van der Waals surface area (Å²) in [5.41, 5.74) is 7.45. The molecule has 3 rings (SSSR count). The van der Waals surface area contributed by atoms with E-state index in [1.165, 1.54) is 24.3 Å². The molecule has 10 N–H and O–H groups in total. The Labute approximate surface area is 244 Å². The first-order chi connectivity index (χ1) is 20.3. The van der Waals surface area contributed by atoms with Crippen molar-refractivity contribution in [3.63, 3.8) is 0 Å². The maximum absolute atomic E-state index is 13.6. The fourth-order valence-corrected chi connectivity index (χ4v) is 4.29. The zero-order valence-electron chi connectivity index (χ0n) is 22.6. The van der Waals surface area contributed by atoms with Gasteiger partial charge in [0.05, 0.1) is 18.9 Å². The Morgan fingerprint density at radius 1 is 0.721 bits per heavy atom. The molecule has 3 aromatic rings. The number of H-pyrrole nitrogens is 1. The van der Waals surface area contributed by atoms with E-state index in [9.17, 15) is 39.0 Å². The highest BCUT2D eigenvalue weighted by Crippen LogP contribution is 2.20. The van der Waals surface area contributed by atoms with Crippen LogP contribution < -0.4 is 21.7 Å². The number of nitrogens with one attached hydrogen (secondary N) is 4. The second kappa shape index (κ2) is 14.5. The Bertz CT molecular complexity index is 1500. The zero-order chi connectivity index (χ0) is 31.7. The van der Waals surface area contributed by atoms with E-state index in [-0.39, 0.29) is 18.6 Å². The Hall–Kier alpha value is -5.44. The summed E-state index contributed by atoms with van der Waals surface area (Å²) >= 11 is 0. The minimum Gasteiger partial charge on any atom is -0.508 e. The van der Waals surface area contributed by atoms with Crippen LogP contribution in [0.4, 0.5) is 0 Å². The number of phenols is 1. The second-order valence-corrected chi connectivity index (χ2v) is 9.76. The van der Waals surface area contributed by atoms with E-state index in [1.54, 1.807) is 30.5 Å². The molecular weight excluding hydrogens is 566 g/mol. The lowest BCUT2D eigenvalue weighted by molar-refractivity contribution is -0.147. The highest BCUT2D eigenvalue weighted by molar-refractivity contribution is 5.96. The molecule has 1 aromatic heterocycles. The van der Waals surface area contributed by atoms with Crippen LogP contribution in [-0.2, 0) is 41.6 Å². The first-order valence-electron chi connectivity index (χ1n) is 13.0. The molecule has 228 valence electrons. The number of benzene rings is 2. The Balaban J connectivity index is 1.92. The van der Waals surface area contributed by atoms with Crippen LogP contribution in [0, 0.1) is 0 Å². The van der Waals surface area contributed by atoms with Gasteiger partial charge < -0.3 is 47.1 Å². The number of rotatable bonds is 15. The Morgan fingerprint density at radius 3 is 1.88 bits per heavy atom. The van der Waals surface area contributed by atoms with Gasteiger partial charge in [-0.3, -0.25) is 24.0 Å². The van der Waals surface area contributed by atoms with Gasteiger partial charge in [0.1, 0.15) is 23.9 Å². The summed E-state index contributed by atoms with van der Waals surface area (Å²) in [6.45, 7) is 0. The maximum atomic E-state index is 13.6. The van der Waals surface area contributed by atoms with Crippen LogP contribution in [0.5, 0.6) is 5.75 Å². The summed E-state index contributed by atoms with van der Waals surface area (Å²) in [5.74, 6) is -7.31. The highest BCUT2D eigenvalue weighted by atomic mass is 16.4. The lowest BCUT2D eigenvalue weighted by Gasteiger charge is -2.25. The summed E-state index contributed by atoms with van der Waals surface area (Å²) in [5, 5.41) is 44.9. The molecule has 2 aromatic carbocycles. The molecule has 4 unspecified atom stereocenters. The number of carbonyl (C=O) groups excluding carboxylic acids is 3. The number of para-hydroxylation sites is 1. The van der Waals surface area contributed by atoms with Crippen LogP contribution in [0.1, 0.15) is 24.0 Å². The topological polar surface area (TPSA) is 261 Å². The molecule has 15 heteroatoms. The van der Waals surface area contributed by atoms with E-state index in [2.05, 4.69) is 20.9 Å². The third kappa shape index (κ3) is 9.29. The van der Waals surface area contributed by atoms with E-state index in [4.69, 9.17) is 15.9 Å². The molecule has 0 aliphatic rings. The van der Waals surface area contributed by atoms with Crippen LogP contribution >= 0.6 is 0 Å². The molecule has 0 radical (unpaired) electrons. The number of fused-ring (bicyclic) bond motifs is 1. The molecule has 0 fully saturated rings. The zero-order valence-corrected chi connectivity index (χ0v) is 22.6. The van der Waals surface area contributed by atoms with Gasteiger partial charge in [-0.2, -0.15) is 0 Å². The number of amides is 3. The van der Waals surface area contributed by atoms with E-state index >= 15 is 0 Å². The van der Waals surface area contributed by atoms with Crippen LogP contribution in [0.2, 0.25) is 0 Å². The molecular formula is C28H31N5O10. The van der Waals surface area contributed by atoms with E-state index in [1.807, 2.05) is 0 Å². The van der Waals surface area contributed by atoms with Gasteiger partial charge in [0.2, 0.25) is 17.7 Å². The molecule has 15 nitrogen and oxygen atoms in total. The first kappa shape index (κ1) is 32.1. The standard InChI is InChI=1S/C28H31N5O10/c29-18(11-23(35)36)25(39)31-20(9-14-5-7-16(34)8-6-14)26(40)32-21(27(41)33-22(28(42)43)12-24(37)38)10-15-13-30-19-4-2-1-3-17(15)19/h1-8,13,18,20-22,30,34H,9-12,29H2,(H,31,39)(H,32,40)(H,33,41)(H,35,36)(H,37,38)(H,42,43). The molecule has 3 amide bonds. The number of carboxylic acids is 3. The normalized spacial score (nSPS) is 13.7. The van der Waals surface area contributed by atoms with Crippen LogP contribution in [-0.4, -0.2) is 85.2 Å². The number of aromatic hydroxyl groups is 1. The number of hydrogen-bond donors (Lipinski definition) is 9. The number of carbonyl (C=O) groups is 6. The largest absolute Gasteiger partial charge is 0.508 e. The van der Waals surface area contributed by atoms with Crippen molar-refractivity contribution in [1.82, 2.24) is 20.9 Å². The van der Waals surface area contributed by atoms with E-state index in [0.29, 0.717) is 16.5 Å². The summed E-state index contributed by atoms with van der Waals surface area (Å²) in [4.78, 5) is 76.4. The third-order valence-electron chi connectivity index (χ3n) is 6.47. The van der Waals surface area contributed by atoms with Gasteiger partial charge in [-0.25, -0.2) is 4.79 Å². The molecule has 0 bridgehead atoms. The average molecular weight is 598 g/mol. The van der Waals surface area contributed by atoms with Crippen LogP contribution in [0.15, 0.2) is 54.7 Å². The smallest absolute Gasteiger partial charge is 0.326 e. The lowest BCUT2D eigenvalue weighted by atomic mass is 10.0. The van der Waals surface area contributed by atoms with E-state index < -0.39 is 72.6 Å². The Kier molecular flexibility index (Phi) is 10.8. The number of aromatic amines is 1. The van der Waals surface area contributed by atoms with Gasteiger partial charge in [-0.15, -0.1) is 0 Å². The SMILES string of the molecule is NC(CC(=O)O)C(=O)NC(Cc1ccc(O)cc1)C(=O)NC(Cc1c[nH]c2ccccc12)C(=O)NC(CC(=O)O)C(=O)O. The van der Waals surface area contributed by atoms with Crippen LogP contribution in [0.25, 0.3) is 10.9 Å². The van der Waals surface area contributed by atoms with Crippen molar-refractivity contribution in [3.05, 3.63) is 65.9 Å². The van der Waals surface area contributed by atoms with Gasteiger partial charge in [-0.05, 0) is 29.3 Å². The summed E-state index contributed by atoms with van der Waals surface area (Å²) in [6, 6.07) is 6.64. The molecule has 0 saturated heterocycles. The monoisotopic (exact) mass is 597 g/mol. The fourth-order valence-electron chi connectivity index (χ4n) is 4.29. The minimum absolute atomic E-state index is 0.0536. The number of nitrogens with two attached hydrogens (primary N) is 1. The number of hydrogen-bond acceptors (Lipinski definition) is 8. The second-order valence-electron chi connectivity index (χ2n) is 9.76. The number of carboxylic acid groups (broad SMARTS) is 3. The number of aromatic nitrogens is 1. The minimum atomic E-state index is -1.80. The number of phenolic OH excluding ortho intramolecular Hbond substituents is 1. The lowest BCUT2D eigenvalue weighted by Crippen LogP contribution is -2.58. The average Bonchev–Trinajstić information content (AvgIpc) is 3.35. The van der Waals surface area contributed by atoms with Crippen molar-refractivity contribution in [1.29, 1.82) is 0 Å². The van der Waals surface area contributed by atoms with Crippen LogP contribution in [0.3, 0.4) is 0 Å². The molecule has 4 atom stereocenters. The summed E-state index contributed by atoms with van der Waals surface area (Å²) < 4.78 is 0. The molecule has 1 heterocycles. The van der Waals surface area contributed by atoms with Gasteiger partial charge >= 0.3 is 17.9 Å². The molecule has 0 spiro atoms. The highest BCUT2D eigenvalue weighted by Gasteiger charge is 2.32. The Morgan fingerprint density at radius 2 is 1.28 bits per heavy atom. The van der Waals surface area contributed by atoms with Crippen molar-refractivity contribution in [2.45, 2.75) is 49.9 Å². The van der Waals surface area contributed by atoms with Crippen molar-refractivity contribution in [2.75, 3.05) is 0 Å². The van der Waals surface area contributed by atoms with Crippen molar-refractivity contribution in [2.24, 2.45) is 5.73 Å².